The first-order chi connectivity index (χ1) is 13.7. The van der Waals surface area contributed by atoms with Crippen LogP contribution in [0.5, 0.6) is 0 Å². The lowest BCUT2D eigenvalue weighted by Gasteiger charge is -2.34. The van der Waals surface area contributed by atoms with Crippen LogP contribution in [0, 0.1) is 5.92 Å². The van der Waals surface area contributed by atoms with Crippen LogP contribution >= 0.6 is 0 Å². The van der Waals surface area contributed by atoms with Crippen molar-refractivity contribution in [1.82, 2.24) is 20.3 Å². The molecule has 2 aromatic carbocycles. The molecular formula is C21H25N5O2. The van der Waals surface area contributed by atoms with Gasteiger partial charge in [-0.05, 0) is 55.4 Å². The van der Waals surface area contributed by atoms with E-state index in [4.69, 9.17) is 0 Å². The van der Waals surface area contributed by atoms with Gasteiger partial charge in [-0.1, -0.05) is 30.3 Å². The zero-order chi connectivity index (χ0) is 19.3. The molecule has 2 amide bonds. The van der Waals surface area contributed by atoms with Crippen LogP contribution < -0.4 is 5.32 Å². The summed E-state index contributed by atoms with van der Waals surface area (Å²) in [7, 11) is 0. The van der Waals surface area contributed by atoms with Gasteiger partial charge in [-0.15, -0.1) is 0 Å². The number of urea groups is 1. The number of nitrogens with one attached hydrogen (secondary N) is 2. The Kier molecular flexibility index (Phi) is 5.53. The van der Waals surface area contributed by atoms with E-state index in [1.165, 1.54) is 5.56 Å². The van der Waals surface area contributed by atoms with Gasteiger partial charge in [0.1, 0.15) is 11.0 Å². The van der Waals surface area contributed by atoms with Crippen molar-refractivity contribution in [2.75, 3.05) is 18.4 Å². The molecule has 146 valence electrons. The molecule has 0 unspecified atom stereocenters. The summed E-state index contributed by atoms with van der Waals surface area (Å²) in [4.78, 5) is 14.4. The highest BCUT2D eigenvalue weighted by molar-refractivity contribution is 5.91. The average Bonchev–Trinajstić information content (AvgIpc) is 3.21. The maximum atomic E-state index is 12.5. The molecule has 1 fully saturated rings. The van der Waals surface area contributed by atoms with E-state index < -0.39 is 0 Å². The number of hydrogen-bond acceptors (Lipinski definition) is 4. The highest BCUT2D eigenvalue weighted by Gasteiger charge is 2.27. The van der Waals surface area contributed by atoms with Crippen molar-refractivity contribution in [3.05, 3.63) is 54.1 Å². The Morgan fingerprint density at radius 3 is 2.68 bits per heavy atom. The summed E-state index contributed by atoms with van der Waals surface area (Å²) in [6, 6.07) is 15.6. The number of aryl methyl sites for hydroxylation is 1. The van der Waals surface area contributed by atoms with Crippen molar-refractivity contribution < 1.29 is 9.90 Å². The second kappa shape index (κ2) is 8.39. The molecule has 0 saturated carbocycles. The summed E-state index contributed by atoms with van der Waals surface area (Å²) in [5, 5.41) is 24.1. The molecule has 4 rings (SSSR count). The number of aliphatic hydroxyl groups is 1. The molecule has 0 aliphatic carbocycles. The molecule has 0 bridgehead atoms. The van der Waals surface area contributed by atoms with E-state index in [9.17, 15) is 9.90 Å². The van der Waals surface area contributed by atoms with Gasteiger partial charge >= 0.3 is 6.03 Å². The lowest BCUT2D eigenvalue weighted by atomic mass is 9.88. The van der Waals surface area contributed by atoms with Crippen LogP contribution in [0.25, 0.3) is 11.0 Å². The van der Waals surface area contributed by atoms with Gasteiger partial charge in [-0.3, -0.25) is 0 Å². The highest BCUT2D eigenvalue weighted by atomic mass is 16.3. The number of aliphatic hydroxyl groups excluding tert-OH is 1. The number of piperidine rings is 1. The summed E-state index contributed by atoms with van der Waals surface area (Å²) in [6.07, 6.45) is 2.98. The first-order valence-corrected chi connectivity index (χ1v) is 9.77. The minimum atomic E-state index is -0.319. The Hall–Kier alpha value is -2.93. The molecular weight excluding hydrogens is 354 g/mol. The van der Waals surface area contributed by atoms with Crippen LogP contribution in [-0.2, 0) is 6.42 Å². The fourth-order valence-corrected chi connectivity index (χ4v) is 3.80. The number of aromatic amines is 1. The van der Waals surface area contributed by atoms with E-state index in [0.717, 1.165) is 36.7 Å². The highest BCUT2D eigenvalue weighted by Crippen LogP contribution is 2.24. The van der Waals surface area contributed by atoms with Crippen molar-refractivity contribution in [3.63, 3.8) is 0 Å². The maximum absolute atomic E-state index is 12.5. The van der Waals surface area contributed by atoms with Crippen LogP contribution in [0.4, 0.5) is 10.5 Å². The van der Waals surface area contributed by atoms with E-state index in [0.29, 0.717) is 18.8 Å². The molecule has 1 aliphatic heterocycles. The Bertz CT molecular complexity index is 919. The predicted octanol–water partition coefficient (Wildman–Crippen LogP) is 3.20. The van der Waals surface area contributed by atoms with Crippen LogP contribution in [0.3, 0.4) is 0 Å². The number of carbonyl (C=O) groups is 1. The van der Waals surface area contributed by atoms with Crippen LogP contribution in [0.2, 0.25) is 0 Å². The monoisotopic (exact) mass is 379 g/mol. The maximum Gasteiger partial charge on any atom is 0.321 e. The van der Waals surface area contributed by atoms with Crippen molar-refractivity contribution in [3.8, 4) is 0 Å². The fourth-order valence-electron chi connectivity index (χ4n) is 3.80. The van der Waals surface area contributed by atoms with Gasteiger partial charge in [0, 0.05) is 18.8 Å². The third-order valence-electron chi connectivity index (χ3n) is 5.51. The Morgan fingerprint density at radius 2 is 1.89 bits per heavy atom. The van der Waals surface area contributed by atoms with Gasteiger partial charge in [0.2, 0.25) is 0 Å². The third-order valence-corrected chi connectivity index (χ3v) is 5.51. The van der Waals surface area contributed by atoms with E-state index in [1.54, 1.807) is 6.07 Å². The van der Waals surface area contributed by atoms with Gasteiger partial charge in [0.05, 0.1) is 6.10 Å². The van der Waals surface area contributed by atoms with Crippen LogP contribution in [-0.4, -0.2) is 50.6 Å². The molecule has 3 N–H and O–H groups in total. The number of carbonyl (C=O) groups excluding carboxylic acids is 1. The van der Waals surface area contributed by atoms with E-state index in [-0.39, 0.29) is 18.1 Å². The number of rotatable bonds is 5. The average molecular weight is 379 g/mol. The molecule has 28 heavy (non-hydrogen) atoms. The molecule has 0 radical (unpaired) electrons. The van der Waals surface area contributed by atoms with Crippen molar-refractivity contribution in [2.24, 2.45) is 5.92 Å². The van der Waals surface area contributed by atoms with Crippen molar-refractivity contribution >= 4 is 22.8 Å². The number of amides is 2. The zero-order valence-corrected chi connectivity index (χ0v) is 15.7. The molecule has 7 nitrogen and oxygen atoms in total. The van der Waals surface area contributed by atoms with Crippen molar-refractivity contribution in [1.29, 1.82) is 0 Å². The number of hydrogen-bond donors (Lipinski definition) is 3. The number of nitrogens with zero attached hydrogens (tertiary/aromatic N) is 3. The number of aromatic nitrogens is 3. The van der Waals surface area contributed by atoms with Crippen LogP contribution in [0.1, 0.15) is 24.8 Å². The van der Waals surface area contributed by atoms with E-state index in [1.807, 2.05) is 35.2 Å². The largest absolute Gasteiger partial charge is 0.393 e. The number of fused-ring (bicyclic) bond motifs is 1. The Labute approximate surface area is 163 Å². The van der Waals surface area contributed by atoms with Crippen LogP contribution in [0.15, 0.2) is 48.5 Å². The standard InChI is InChI=1S/C21H25N5O2/c27-20(9-6-15-4-2-1-3-5-15)16-10-12-26(13-11-16)21(28)22-17-7-8-18-19(14-17)24-25-23-18/h1-5,7-8,14,16,20,27H,6,9-13H2,(H,22,28)(H,23,24,25)/t20-/m1/s1. The Morgan fingerprint density at radius 1 is 1.14 bits per heavy atom. The number of likely N-dealkylation sites (tertiary alicyclic amines) is 1. The first-order valence-electron chi connectivity index (χ1n) is 9.77. The quantitative estimate of drug-likeness (QED) is 0.634. The molecule has 3 aromatic rings. The minimum absolute atomic E-state index is 0.111. The number of anilines is 1. The normalized spacial score (nSPS) is 16.2. The Balaban J connectivity index is 1.25. The molecule has 1 saturated heterocycles. The topological polar surface area (TPSA) is 94.1 Å². The third kappa shape index (κ3) is 4.31. The molecule has 7 heteroatoms. The number of benzene rings is 2. The lowest BCUT2D eigenvalue weighted by molar-refractivity contribution is 0.0626. The van der Waals surface area contributed by atoms with Crippen molar-refractivity contribution in [2.45, 2.75) is 31.8 Å². The summed E-state index contributed by atoms with van der Waals surface area (Å²) >= 11 is 0. The van der Waals surface area contributed by atoms with Gasteiger partial charge < -0.3 is 15.3 Å². The second-order valence-electron chi connectivity index (χ2n) is 7.37. The van der Waals surface area contributed by atoms with E-state index in [2.05, 4.69) is 32.9 Å². The van der Waals surface area contributed by atoms with Gasteiger partial charge in [-0.25, -0.2) is 4.79 Å². The molecule has 1 aromatic heterocycles. The summed E-state index contributed by atoms with van der Waals surface area (Å²) in [5.41, 5.74) is 3.44. The van der Waals surface area contributed by atoms with Gasteiger partial charge in [0.25, 0.3) is 0 Å². The summed E-state index contributed by atoms with van der Waals surface area (Å²) < 4.78 is 0. The van der Waals surface area contributed by atoms with Gasteiger partial charge in [0.15, 0.2) is 0 Å². The summed E-state index contributed by atoms with van der Waals surface area (Å²) in [6.45, 7) is 1.32. The SMILES string of the molecule is O=C(Nc1ccc2n[nH]nc2c1)N1CCC([C@H](O)CCc2ccccc2)CC1. The lowest BCUT2D eigenvalue weighted by Crippen LogP contribution is -2.43. The second-order valence-corrected chi connectivity index (χ2v) is 7.37. The minimum Gasteiger partial charge on any atom is -0.393 e. The molecule has 2 heterocycles. The molecule has 0 spiro atoms. The van der Waals surface area contributed by atoms with E-state index >= 15 is 0 Å². The first kappa shape index (κ1) is 18.4. The molecule has 1 atom stereocenters. The predicted molar refractivity (Wildman–Crippen MR) is 108 cm³/mol. The fraction of sp³-hybridized carbons (Fsp3) is 0.381. The molecule has 1 aliphatic rings. The summed E-state index contributed by atoms with van der Waals surface area (Å²) in [5.74, 6) is 0.249. The van der Waals surface area contributed by atoms with Gasteiger partial charge in [-0.2, -0.15) is 15.4 Å². The zero-order valence-electron chi connectivity index (χ0n) is 15.7. The smallest absolute Gasteiger partial charge is 0.321 e. The number of H-pyrrole nitrogens is 1.